The van der Waals surface area contributed by atoms with Crippen LogP contribution in [0.1, 0.15) is 111 Å². The average molecular weight is 1100 g/mol. The van der Waals surface area contributed by atoms with Crippen LogP contribution in [0.3, 0.4) is 0 Å². The Morgan fingerprint density at radius 3 is 1.94 bits per heavy atom. The Bertz CT molecular complexity index is 2640. The molecule has 0 saturated carbocycles. The van der Waals surface area contributed by atoms with Crippen LogP contribution >= 0.6 is 0 Å². The first-order valence-corrected chi connectivity index (χ1v) is 25.2. The van der Waals surface area contributed by atoms with Gasteiger partial charge in [0.1, 0.15) is 54.2 Å². The number of nitrogens with one attached hydrogen (secondary N) is 7. The molecule has 25 heteroatoms. The maximum atomic E-state index is 15.4. The van der Waals surface area contributed by atoms with E-state index in [0.29, 0.717) is 5.69 Å². The monoisotopic (exact) mass is 1090 g/mol. The minimum absolute atomic E-state index is 0.0769. The number of aromatic nitrogens is 1. The quantitative estimate of drug-likeness (QED) is 0.0403. The normalized spacial score (nSPS) is 13.5. The van der Waals surface area contributed by atoms with Gasteiger partial charge in [0.05, 0.1) is 12.5 Å². The van der Waals surface area contributed by atoms with Crippen LogP contribution in [0.2, 0.25) is 0 Å². The molecule has 0 saturated heterocycles. The Labute approximate surface area is 450 Å². The van der Waals surface area contributed by atoms with E-state index in [9.17, 15) is 67.3 Å². The fourth-order valence-corrected chi connectivity index (χ4v) is 8.29. The molecule has 0 aliphatic carbocycles. The molecular weight excluding hydrogens is 1020 g/mol. The van der Waals surface area contributed by atoms with Crippen LogP contribution in [0.4, 0.5) is 8.78 Å². The number of carboxylic acid groups (broad SMARTS) is 1. The predicted octanol–water partition coefficient (Wildman–Crippen LogP) is 0.995. The molecule has 9 amide bonds. The number of aliphatic hydroxyl groups excluding tert-OH is 1. The van der Waals surface area contributed by atoms with Gasteiger partial charge in [-0.05, 0) is 75.3 Å². The molecule has 0 aliphatic heterocycles. The van der Waals surface area contributed by atoms with E-state index >= 15 is 4.39 Å². The third-order valence-electron chi connectivity index (χ3n) is 12.1. The summed E-state index contributed by atoms with van der Waals surface area (Å²) in [5.74, 6) is -10.4. The lowest BCUT2D eigenvalue weighted by atomic mass is 9.82. The second-order valence-corrected chi connectivity index (χ2v) is 19.8. The predicted molar refractivity (Wildman–Crippen MR) is 279 cm³/mol. The Kier molecular flexibility index (Phi) is 25.2. The van der Waals surface area contributed by atoms with Crippen LogP contribution in [0.15, 0.2) is 60.8 Å². The number of nitrogens with two attached hydrogens (primary N) is 1. The number of aliphatic carboxylic acids is 1. The first-order valence-electron chi connectivity index (χ1n) is 25.2. The van der Waals surface area contributed by atoms with Crippen molar-refractivity contribution in [3.8, 4) is 11.1 Å². The molecular formula is C53H72F2N10O13. The number of carbonyl (C=O) groups is 11. The molecule has 426 valence electrons. The standard InChI is InChI=1S/C53H72F2N10O13/c1-30(67)12-11-15-45(71)61-40(52(77)78)18-19-44(70)57-21-22-58-50(75)39(62-51(76)41(26-43(56)69)63-49(74)32(3)60-48(73)31(2)59-33(4)68)20-23-65(46(72)29-66)47(53(5,6)7)42-24-35(37-25-36(54)16-17-38(37)55)28-64(42)27-34-13-9-8-10-14-34/h8-10,13-14,16-17,24-25,28,31-32,39-41,47,66H,11-12,15,18-23,26-27,29H2,1-7H3,(H2,56,69)(H,57,70)(H,58,75)(H,59,68)(H,60,73)(H,61,71)(H,62,76)(H,63,74)(H,77,78)/t31-,32+,39-,40-,41-,47-/m0/s1. The lowest BCUT2D eigenvalue weighted by molar-refractivity contribution is -0.142. The SMILES string of the molecule is CC(=O)CCCC(=O)N[C@@H](CCC(=O)NCCNC(=O)[C@H](CCN(C(=O)CO)[C@@H](c1cc(-c2cc(F)ccc2F)cn1Cc1ccccc1)C(C)(C)C)NC(=O)[C@H](CC(N)=O)NC(=O)[C@@H](C)NC(=O)[C@H](C)NC(C)=O)C(=O)O. The zero-order valence-electron chi connectivity index (χ0n) is 44.8. The van der Waals surface area contributed by atoms with Crippen molar-refractivity contribution in [2.45, 2.75) is 136 Å². The van der Waals surface area contributed by atoms with Gasteiger partial charge in [0.2, 0.25) is 53.2 Å². The summed E-state index contributed by atoms with van der Waals surface area (Å²) in [5, 5.41) is 37.1. The van der Waals surface area contributed by atoms with Crippen molar-refractivity contribution in [2.24, 2.45) is 11.1 Å². The summed E-state index contributed by atoms with van der Waals surface area (Å²) in [6.45, 7) is 8.74. The summed E-state index contributed by atoms with van der Waals surface area (Å²) < 4.78 is 31.8. The van der Waals surface area contributed by atoms with Crippen LogP contribution < -0.4 is 43.0 Å². The van der Waals surface area contributed by atoms with Crippen LogP contribution in [-0.2, 0) is 59.3 Å². The molecule has 0 spiro atoms. The zero-order valence-corrected chi connectivity index (χ0v) is 44.8. The van der Waals surface area contributed by atoms with Gasteiger partial charge in [-0.15, -0.1) is 0 Å². The second-order valence-electron chi connectivity index (χ2n) is 19.8. The van der Waals surface area contributed by atoms with Crippen LogP contribution in [0, 0.1) is 17.0 Å². The highest BCUT2D eigenvalue weighted by atomic mass is 19.1. The minimum atomic E-state index is -1.75. The summed E-state index contributed by atoms with van der Waals surface area (Å²) in [6, 6.07) is 5.48. The van der Waals surface area contributed by atoms with Gasteiger partial charge in [-0.25, -0.2) is 13.6 Å². The molecule has 23 nitrogen and oxygen atoms in total. The molecule has 0 radical (unpaired) electrons. The first kappa shape index (κ1) is 64.2. The molecule has 11 N–H and O–H groups in total. The van der Waals surface area contributed by atoms with Gasteiger partial charge in [-0.3, -0.25) is 43.2 Å². The molecule has 1 heterocycles. The van der Waals surface area contributed by atoms with Crippen LogP contribution in [-0.4, -0.2) is 141 Å². The summed E-state index contributed by atoms with van der Waals surface area (Å²) in [7, 11) is 0. The number of primary amides is 1. The number of hydrogen-bond donors (Lipinski definition) is 10. The second kappa shape index (κ2) is 30.6. The van der Waals surface area contributed by atoms with Crippen molar-refractivity contribution in [2.75, 3.05) is 26.2 Å². The molecule has 78 heavy (non-hydrogen) atoms. The van der Waals surface area contributed by atoms with Gasteiger partial charge < -0.3 is 67.4 Å². The zero-order chi connectivity index (χ0) is 58.4. The van der Waals surface area contributed by atoms with E-state index in [-0.39, 0.29) is 68.6 Å². The first-order chi connectivity index (χ1) is 36.6. The van der Waals surface area contributed by atoms with E-state index in [1.807, 2.05) is 18.2 Å². The van der Waals surface area contributed by atoms with E-state index in [1.165, 1.54) is 32.6 Å². The molecule has 3 rings (SSSR count). The summed E-state index contributed by atoms with van der Waals surface area (Å²) >= 11 is 0. The molecule has 0 bridgehead atoms. The number of Topliss-reactive ketones (excluding diaryl/α,β-unsaturated/α-hetero) is 1. The largest absolute Gasteiger partial charge is 0.480 e. The van der Waals surface area contributed by atoms with Crippen LogP contribution in [0.5, 0.6) is 0 Å². The molecule has 0 aliphatic rings. The van der Waals surface area contributed by atoms with E-state index in [0.717, 1.165) is 23.8 Å². The van der Waals surface area contributed by atoms with Crippen molar-refractivity contribution >= 4 is 64.9 Å². The van der Waals surface area contributed by atoms with Gasteiger partial charge >= 0.3 is 5.97 Å². The van der Waals surface area contributed by atoms with E-state index < -0.39 is 138 Å². The van der Waals surface area contributed by atoms with E-state index in [1.54, 1.807) is 49.7 Å². The molecule has 1 aromatic heterocycles. The van der Waals surface area contributed by atoms with Gasteiger partial charge in [0.25, 0.3) is 0 Å². The number of ketones is 1. The number of aliphatic hydroxyl groups is 1. The third kappa shape index (κ3) is 21.1. The minimum Gasteiger partial charge on any atom is -0.480 e. The number of benzene rings is 2. The highest BCUT2D eigenvalue weighted by molar-refractivity contribution is 5.97. The van der Waals surface area contributed by atoms with Crippen molar-refractivity contribution in [1.29, 1.82) is 0 Å². The van der Waals surface area contributed by atoms with Gasteiger partial charge in [0.15, 0.2) is 0 Å². The third-order valence-corrected chi connectivity index (χ3v) is 12.1. The number of halogens is 2. The Balaban J connectivity index is 1.99. The number of nitrogens with zero attached hydrogens (tertiary/aromatic N) is 2. The lowest BCUT2D eigenvalue weighted by Gasteiger charge is -2.41. The molecule has 0 unspecified atom stereocenters. The lowest BCUT2D eigenvalue weighted by Crippen LogP contribution is -2.58. The fourth-order valence-electron chi connectivity index (χ4n) is 8.29. The number of hydrogen-bond acceptors (Lipinski definition) is 12. The van der Waals surface area contributed by atoms with Crippen LogP contribution in [0.25, 0.3) is 11.1 Å². The summed E-state index contributed by atoms with van der Waals surface area (Å²) in [5.41, 5.74) is 5.95. The fraction of sp³-hybridized carbons (Fsp3) is 0.491. The highest BCUT2D eigenvalue weighted by Crippen LogP contribution is 2.41. The molecule has 3 aromatic rings. The van der Waals surface area contributed by atoms with Crippen molar-refractivity contribution < 1.29 is 71.7 Å². The van der Waals surface area contributed by atoms with E-state index in [2.05, 4.69) is 37.2 Å². The van der Waals surface area contributed by atoms with Crippen molar-refractivity contribution in [3.63, 3.8) is 0 Å². The number of carbonyl (C=O) groups excluding carboxylic acids is 10. The van der Waals surface area contributed by atoms with Gasteiger partial charge in [-0.1, -0.05) is 51.1 Å². The highest BCUT2D eigenvalue weighted by Gasteiger charge is 2.39. The van der Waals surface area contributed by atoms with Gasteiger partial charge in [0, 0.05) is 75.4 Å². The summed E-state index contributed by atoms with van der Waals surface area (Å²) in [4.78, 5) is 142. The van der Waals surface area contributed by atoms with Crippen molar-refractivity contribution in [1.82, 2.24) is 46.7 Å². The average Bonchev–Trinajstić information content (AvgIpc) is 3.75. The Morgan fingerprint density at radius 1 is 0.705 bits per heavy atom. The number of amides is 9. The summed E-state index contributed by atoms with van der Waals surface area (Å²) in [6.07, 6.45) is -0.0559. The molecule has 2 aromatic carbocycles. The topological polar surface area (TPSA) is 347 Å². The maximum absolute atomic E-state index is 15.4. The Hall–Kier alpha value is -8.09. The number of rotatable bonds is 31. The van der Waals surface area contributed by atoms with Gasteiger partial charge in [-0.2, -0.15) is 0 Å². The molecule has 0 fully saturated rings. The van der Waals surface area contributed by atoms with Crippen molar-refractivity contribution in [3.05, 3.63) is 83.7 Å². The smallest absolute Gasteiger partial charge is 0.326 e. The Morgan fingerprint density at radius 2 is 1.33 bits per heavy atom. The maximum Gasteiger partial charge on any atom is 0.326 e. The van der Waals surface area contributed by atoms with E-state index in [4.69, 9.17) is 5.73 Å². The molecule has 6 atom stereocenters. The number of carboxylic acids is 1.